The van der Waals surface area contributed by atoms with Crippen LogP contribution in [0.1, 0.15) is 24.8 Å². The molecule has 2 fully saturated rings. The monoisotopic (exact) mass is 540 g/mol. The van der Waals surface area contributed by atoms with E-state index >= 15 is 0 Å². The maximum absolute atomic E-state index is 13.4. The number of benzene rings is 1. The Kier molecular flexibility index (Phi) is 6.84. The number of amides is 2. The molecule has 1 saturated heterocycles. The number of alkyl halides is 4. The first-order valence-electron chi connectivity index (χ1n) is 12.4. The Bertz CT molecular complexity index is 1450. The topological polar surface area (TPSA) is 104 Å². The minimum absolute atomic E-state index is 0.0286. The van der Waals surface area contributed by atoms with Gasteiger partial charge in [-0.1, -0.05) is 24.3 Å². The van der Waals surface area contributed by atoms with E-state index < -0.39 is 24.3 Å². The molecule has 2 amide bonds. The lowest BCUT2D eigenvalue weighted by molar-refractivity contribution is -0.139. The summed E-state index contributed by atoms with van der Waals surface area (Å²) in [5.74, 6) is -4.43. The van der Waals surface area contributed by atoms with Gasteiger partial charge in [-0.3, -0.25) is 14.3 Å². The number of halogens is 4. The summed E-state index contributed by atoms with van der Waals surface area (Å²) in [4.78, 5) is 31.6. The van der Waals surface area contributed by atoms with E-state index in [1.165, 1.54) is 18.6 Å². The van der Waals surface area contributed by atoms with Gasteiger partial charge in [0.25, 0.3) is 0 Å². The molecule has 1 atom stereocenters. The van der Waals surface area contributed by atoms with Gasteiger partial charge in [0, 0.05) is 36.3 Å². The molecule has 8 nitrogen and oxygen atoms in total. The van der Waals surface area contributed by atoms with Crippen molar-refractivity contribution in [2.45, 2.75) is 44.6 Å². The van der Waals surface area contributed by atoms with E-state index in [0.29, 0.717) is 35.3 Å². The van der Waals surface area contributed by atoms with E-state index in [9.17, 15) is 32.4 Å². The SMILES string of the molecule is N#C[C@@]1(C2CC2)CCN(c2ccnc(NC(=O)Cc3cccc(-c4cnn(CC(F)(F)C(F)F)c4)c3)c2)C1=O. The van der Waals surface area contributed by atoms with Gasteiger partial charge >= 0.3 is 12.3 Å². The first-order valence-corrected chi connectivity index (χ1v) is 12.4. The predicted octanol–water partition coefficient (Wildman–Crippen LogP) is 4.68. The van der Waals surface area contributed by atoms with Crippen LogP contribution in [0.2, 0.25) is 0 Å². The quantitative estimate of drug-likeness (QED) is 0.397. The summed E-state index contributed by atoms with van der Waals surface area (Å²) < 4.78 is 52.5. The maximum atomic E-state index is 13.4. The van der Waals surface area contributed by atoms with Crippen LogP contribution >= 0.6 is 0 Å². The number of carbonyl (C=O) groups is 2. The Hall–Kier alpha value is -4.27. The molecule has 3 aromatic rings. The van der Waals surface area contributed by atoms with Crippen LogP contribution < -0.4 is 10.2 Å². The molecule has 39 heavy (non-hydrogen) atoms. The fraction of sp³-hybridized carbons (Fsp3) is 0.370. The largest absolute Gasteiger partial charge is 0.326 e. The number of anilines is 2. The van der Waals surface area contributed by atoms with Crippen LogP contribution in [0.3, 0.4) is 0 Å². The van der Waals surface area contributed by atoms with Gasteiger partial charge in [0.15, 0.2) is 0 Å². The molecule has 1 aliphatic heterocycles. The fourth-order valence-electron chi connectivity index (χ4n) is 4.91. The molecule has 1 aromatic carbocycles. The Morgan fingerprint density at radius 2 is 2.03 bits per heavy atom. The summed E-state index contributed by atoms with van der Waals surface area (Å²) in [6.07, 6.45) is 2.42. The van der Waals surface area contributed by atoms with Gasteiger partial charge in [-0.25, -0.2) is 13.8 Å². The Balaban J connectivity index is 1.24. The highest BCUT2D eigenvalue weighted by atomic mass is 19.3. The molecule has 1 aliphatic carbocycles. The normalized spacial score (nSPS) is 19.4. The third kappa shape index (κ3) is 5.34. The summed E-state index contributed by atoms with van der Waals surface area (Å²) in [6, 6.07) is 12.3. The zero-order valence-electron chi connectivity index (χ0n) is 20.7. The lowest BCUT2D eigenvalue weighted by Crippen LogP contribution is -2.35. The molecule has 0 radical (unpaired) electrons. The summed E-state index contributed by atoms with van der Waals surface area (Å²) in [7, 11) is 0. The van der Waals surface area contributed by atoms with Crippen LogP contribution in [0, 0.1) is 22.7 Å². The lowest BCUT2D eigenvalue weighted by Gasteiger charge is -2.21. The molecule has 0 unspecified atom stereocenters. The number of pyridine rings is 1. The lowest BCUT2D eigenvalue weighted by atomic mass is 9.83. The van der Waals surface area contributed by atoms with Crippen molar-refractivity contribution >= 4 is 23.3 Å². The van der Waals surface area contributed by atoms with Crippen molar-refractivity contribution in [1.29, 1.82) is 5.26 Å². The number of carbonyl (C=O) groups excluding carboxylic acids is 2. The summed E-state index contributed by atoms with van der Waals surface area (Å²) >= 11 is 0. The Morgan fingerprint density at radius 1 is 1.23 bits per heavy atom. The Labute approximate surface area is 221 Å². The number of rotatable bonds is 9. The molecule has 1 N–H and O–H groups in total. The van der Waals surface area contributed by atoms with E-state index in [-0.39, 0.29) is 30.0 Å². The zero-order valence-corrected chi connectivity index (χ0v) is 20.7. The van der Waals surface area contributed by atoms with Crippen molar-refractivity contribution in [3.8, 4) is 17.2 Å². The highest BCUT2D eigenvalue weighted by Gasteiger charge is 2.56. The number of nitrogens with zero attached hydrogens (tertiary/aromatic N) is 5. The molecule has 3 heterocycles. The number of hydrogen-bond donors (Lipinski definition) is 1. The Morgan fingerprint density at radius 3 is 2.74 bits per heavy atom. The molecular formula is C27H24F4N6O2. The van der Waals surface area contributed by atoms with Crippen LogP contribution in [0.15, 0.2) is 55.0 Å². The van der Waals surface area contributed by atoms with Gasteiger partial charge in [-0.15, -0.1) is 0 Å². The smallest absolute Gasteiger partial charge is 0.311 e. The van der Waals surface area contributed by atoms with Gasteiger partial charge in [0.2, 0.25) is 11.8 Å². The maximum Gasteiger partial charge on any atom is 0.326 e. The van der Waals surface area contributed by atoms with Gasteiger partial charge in [0.05, 0.1) is 18.7 Å². The van der Waals surface area contributed by atoms with Gasteiger partial charge in [-0.05, 0) is 42.4 Å². The molecule has 12 heteroatoms. The average molecular weight is 541 g/mol. The first-order chi connectivity index (χ1) is 18.6. The second-order valence-corrected chi connectivity index (χ2v) is 9.88. The minimum Gasteiger partial charge on any atom is -0.311 e. The number of aromatic nitrogens is 3. The third-order valence-electron chi connectivity index (χ3n) is 7.10. The van der Waals surface area contributed by atoms with Crippen molar-refractivity contribution in [3.63, 3.8) is 0 Å². The predicted molar refractivity (Wildman–Crippen MR) is 133 cm³/mol. The second kappa shape index (κ2) is 10.1. The van der Waals surface area contributed by atoms with E-state index in [1.807, 2.05) is 0 Å². The van der Waals surface area contributed by atoms with Crippen LogP contribution in [0.25, 0.3) is 11.1 Å². The van der Waals surface area contributed by atoms with Crippen molar-refractivity contribution < 1.29 is 27.2 Å². The van der Waals surface area contributed by atoms with Crippen LogP contribution in [0.5, 0.6) is 0 Å². The van der Waals surface area contributed by atoms with Crippen molar-refractivity contribution in [3.05, 3.63) is 60.6 Å². The molecule has 0 bridgehead atoms. The van der Waals surface area contributed by atoms with Crippen LogP contribution in [-0.2, 0) is 22.6 Å². The van der Waals surface area contributed by atoms with Crippen molar-refractivity contribution in [2.24, 2.45) is 11.3 Å². The number of nitriles is 1. The molecule has 5 rings (SSSR count). The van der Waals surface area contributed by atoms with Crippen molar-refractivity contribution in [1.82, 2.24) is 14.8 Å². The highest BCUT2D eigenvalue weighted by molar-refractivity contribution is 6.02. The van der Waals surface area contributed by atoms with E-state index in [4.69, 9.17) is 0 Å². The van der Waals surface area contributed by atoms with E-state index in [1.54, 1.807) is 41.3 Å². The summed E-state index contributed by atoms with van der Waals surface area (Å²) in [5, 5.41) is 16.2. The van der Waals surface area contributed by atoms with Crippen molar-refractivity contribution in [2.75, 3.05) is 16.8 Å². The standard InChI is InChI=1S/C27H24F4N6O2/c28-24(29)27(30,31)16-36-14-19(13-34-36)18-3-1-2-17(10-18)11-23(38)35-22-12-21(6-8-33-22)37-9-7-26(15-32,25(37)39)20-4-5-20/h1-3,6,8,10,12-14,20,24H,4-5,7,9,11,16H2,(H,33,35,38)/t26-/m1/s1. The number of nitrogens with one attached hydrogen (secondary N) is 1. The zero-order chi connectivity index (χ0) is 27.8. The molecule has 0 spiro atoms. The third-order valence-corrected chi connectivity index (χ3v) is 7.10. The molecule has 2 aromatic heterocycles. The highest BCUT2D eigenvalue weighted by Crippen LogP contribution is 2.51. The van der Waals surface area contributed by atoms with Gasteiger partial charge in [-0.2, -0.15) is 19.1 Å². The summed E-state index contributed by atoms with van der Waals surface area (Å²) in [6.45, 7) is -0.830. The fourth-order valence-corrected chi connectivity index (χ4v) is 4.91. The summed E-state index contributed by atoms with van der Waals surface area (Å²) in [5.41, 5.74) is 1.21. The van der Waals surface area contributed by atoms with Gasteiger partial charge in [0.1, 0.15) is 17.8 Å². The molecule has 1 saturated carbocycles. The molecular weight excluding hydrogens is 516 g/mol. The van der Waals surface area contributed by atoms with Crippen LogP contribution in [-0.4, -0.2) is 45.5 Å². The van der Waals surface area contributed by atoms with Crippen LogP contribution in [0.4, 0.5) is 29.1 Å². The minimum atomic E-state index is -4.20. The van der Waals surface area contributed by atoms with E-state index in [0.717, 1.165) is 17.5 Å². The van der Waals surface area contributed by atoms with Gasteiger partial charge < -0.3 is 10.2 Å². The van der Waals surface area contributed by atoms with E-state index in [2.05, 4.69) is 21.5 Å². The molecule has 202 valence electrons. The first kappa shape index (κ1) is 26.3. The number of hydrogen-bond acceptors (Lipinski definition) is 5. The average Bonchev–Trinajstić information content (AvgIpc) is 3.56. The second-order valence-electron chi connectivity index (χ2n) is 9.88. The molecule has 2 aliphatic rings.